The average molecular weight is 557 g/mol. The molecule has 0 radical (unpaired) electrons. The zero-order valence-electron chi connectivity index (χ0n) is 22.2. The first-order valence-corrected chi connectivity index (χ1v) is 14.7. The summed E-state index contributed by atoms with van der Waals surface area (Å²) in [5, 5.41) is 4.10. The van der Waals surface area contributed by atoms with Crippen molar-refractivity contribution >= 4 is 28.6 Å². The Bertz CT molecular complexity index is 1510. The van der Waals surface area contributed by atoms with Crippen molar-refractivity contribution in [3.63, 3.8) is 0 Å². The van der Waals surface area contributed by atoms with E-state index >= 15 is 0 Å². The summed E-state index contributed by atoms with van der Waals surface area (Å²) < 4.78 is 12.2. The quantitative estimate of drug-likeness (QED) is 0.324. The van der Waals surface area contributed by atoms with Crippen LogP contribution in [0.3, 0.4) is 0 Å². The molecular formula is C31H32N4O4S. The Morgan fingerprint density at radius 1 is 1.05 bits per heavy atom. The van der Waals surface area contributed by atoms with E-state index in [9.17, 15) is 9.59 Å². The number of piperazine rings is 1. The van der Waals surface area contributed by atoms with Gasteiger partial charge in [0.25, 0.3) is 0 Å². The van der Waals surface area contributed by atoms with Crippen LogP contribution in [0.25, 0.3) is 22.3 Å². The van der Waals surface area contributed by atoms with Gasteiger partial charge >= 0.3 is 0 Å². The van der Waals surface area contributed by atoms with Crippen molar-refractivity contribution in [2.24, 2.45) is 0 Å². The number of aromatic nitrogens is 1. The van der Waals surface area contributed by atoms with Crippen LogP contribution in [0, 0.1) is 0 Å². The third-order valence-corrected chi connectivity index (χ3v) is 8.67. The maximum Gasteiger partial charge on any atom is 0.240 e. The lowest BCUT2D eigenvalue weighted by Gasteiger charge is -2.36. The highest BCUT2D eigenvalue weighted by Gasteiger charge is 2.34. The van der Waals surface area contributed by atoms with Gasteiger partial charge in [-0.05, 0) is 30.2 Å². The molecule has 40 heavy (non-hydrogen) atoms. The fourth-order valence-electron chi connectivity index (χ4n) is 5.23. The standard InChI is InChI=1S/C31H32N4O4S/c36-26-19-28(22-7-2-1-3-8-22)39-29-24(26)10-4-11-27(29)38-18-6-13-34-14-16-35(17-15-34)31(37)25-21-40-30(33-25)23-9-5-12-32-20-23/h1-5,7-12,19-20,25,30,33H,6,13-18,21H2/t25-,30?/m0/s1. The van der Waals surface area contributed by atoms with Gasteiger partial charge in [-0.15, -0.1) is 11.8 Å². The Morgan fingerprint density at radius 3 is 2.70 bits per heavy atom. The lowest BCUT2D eigenvalue weighted by molar-refractivity contribution is -0.134. The Balaban J connectivity index is 0.983. The lowest BCUT2D eigenvalue weighted by atomic mass is 10.1. The Kier molecular flexibility index (Phi) is 8.13. The summed E-state index contributed by atoms with van der Waals surface area (Å²) in [6, 6.07) is 20.4. The zero-order valence-corrected chi connectivity index (χ0v) is 23.0. The van der Waals surface area contributed by atoms with E-state index in [1.165, 1.54) is 6.07 Å². The van der Waals surface area contributed by atoms with Crippen molar-refractivity contribution in [2.45, 2.75) is 17.8 Å². The molecule has 4 heterocycles. The van der Waals surface area contributed by atoms with Crippen molar-refractivity contribution in [1.82, 2.24) is 20.1 Å². The summed E-state index contributed by atoms with van der Waals surface area (Å²) in [5.74, 6) is 2.07. The van der Waals surface area contributed by atoms with E-state index in [0.717, 1.165) is 56.0 Å². The molecule has 2 atom stereocenters. The van der Waals surface area contributed by atoms with E-state index in [1.807, 2.05) is 65.7 Å². The van der Waals surface area contributed by atoms with E-state index in [2.05, 4.69) is 15.2 Å². The number of ether oxygens (including phenoxy) is 1. The predicted octanol–water partition coefficient (Wildman–Crippen LogP) is 4.17. The van der Waals surface area contributed by atoms with Gasteiger partial charge in [-0.2, -0.15) is 0 Å². The molecule has 2 aliphatic rings. The maximum absolute atomic E-state index is 13.1. The van der Waals surface area contributed by atoms with Crippen LogP contribution in [-0.4, -0.2) is 71.8 Å². The molecule has 2 aromatic carbocycles. The van der Waals surface area contributed by atoms with Crippen LogP contribution in [0.15, 0.2) is 88.3 Å². The fourth-order valence-corrected chi connectivity index (χ4v) is 6.45. The van der Waals surface area contributed by atoms with Gasteiger partial charge < -0.3 is 14.1 Å². The molecule has 1 amide bonds. The van der Waals surface area contributed by atoms with Crippen LogP contribution in [0.2, 0.25) is 0 Å². The number of para-hydroxylation sites is 1. The van der Waals surface area contributed by atoms with Crippen LogP contribution in [0.5, 0.6) is 5.75 Å². The molecule has 2 saturated heterocycles. The van der Waals surface area contributed by atoms with Crippen molar-refractivity contribution in [3.8, 4) is 17.1 Å². The number of thioether (sulfide) groups is 1. The van der Waals surface area contributed by atoms with Gasteiger partial charge in [0.15, 0.2) is 16.8 Å². The molecule has 206 valence electrons. The molecule has 1 N–H and O–H groups in total. The van der Waals surface area contributed by atoms with E-state index in [0.29, 0.717) is 29.1 Å². The van der Waals surface area contributed by atoms with Crippen molar-refractivity contribution < 1.29 is 13.9 Å². The minimum atomic E-state index is -0.154. The number of hydrogen-bond acceptors (Lipinski definition) is 8. The Labute approximate surface area is 237 Å². The van der Waals surface area contributed by atoms with Gasteiger partial charge in [0.2, 0.25) is 5.91 Å². The van der Waals surface area contributed by atoms with E-state index in [4.69, 9.17) is 9.15 Å². The predicted molar refractivity (Wildman–Crippen MR) is 157 cm³/mol. The van der Waals surface area contributed by atoms with Crippen LogP contribution >= 0.6 is 11.8 Å². The van der Waals surface area contributed by atoms with Gasteiger partial charge in [0.1, 0.15) is 5.76 Å². The molecule has 4 aromatic rings. The summed E-state index contributed by atoms with van der Waals surface area (Å²) in [4.78, 5) is 34.4. The second-order valence-corrected chi connectivity index (χ2v) is 11.2. The molecule has 8 nitrogen and oxygen atoms in total. The highest BCUT2D eigenvalue weighted by molar-refractivity contribution is 7.99. The summed E-state index contributed by atoms with van der Waals surface area (Å²) in [5.41, 5.74) is 2.35. The zero-order chi connectivity index (χ0) is 27.3. The minimum absolute atomic E-state index is 0.0861. The van der Waals surface area contributed by atoms with Gasteiger partial charge in [-0.1, -0.05) is 42.5 Å². The van der Waals surface area contributed by atoms with E-state index in [-0.39, 0.29) is 22.8 Å². The largest absolute Gasteiger partial charge is 0.490 e. The number of pyridine rings is 1. The number of amides is 1. The number of hydrogen-bond donors (Lipinski definition) is 1. The first kappa shape index (κ1) is 26.6. The van der Waals surface area contributed by atoms with Crippen molar-refractivity contribution in [2.75, 3.05) is 45.1 Å². The highest BCUT2D eigenvalue weighted by atomic mass is 32.2. The van der Waals surface area contributed by atoms with Gasteiger partial charge in [-0.25, -0.2) is 0 Å². The molecule has 2 aromatic heterocycles. The molecular weight excluding hydrogens is 524 g/mol. The second-order valence-electron chi connectivity index (χ2n) is 10.1. The number of fused-ring (bicyclic) bond motifs is 1. The number of carbonyl (C=O) groups is 1. The smallest absolute Gasteiger partial charge is 0.240 e. The Morgan fingerprint density at radius 2 is 1.90 bits per heavy atom. The number of nitrogens with zero attached hydrogens (tertiary/aromatic N) is 3. The second kappa shape index (κ2) is 12.2. The van der Waals surface area contributed by atoms with Gasteiger partial charge in [0, 0.05) is 62.5 Å². The van der Waals surface area contributed by atoms with E-state index in [1.54, 1.807) is 24.0 Å². The van der Waals surface area contributed by atoms with Crippen LogP contribution in [-0.2, 0) is 4.79 Å². The van der Waals surface area contributed by atoms with Gasteiger partial charge in [-0.3, -0.25) is 24.8 Å². The van der Waals surface area contributed by atoms with Crippen LogP contribution in [0.1, 0.15) is 17.4 Å². The molecule has 0 spiro atoms. The van der Waals surface area contributed by atoms with Gasteiger partial charge in [0.05, 0.1) is 23.4 Å². The fraction of sp³-hybridized carbons (Fsp3) is 0.323. The van der Waals surface area contributed by atoms with E-state index < -0.39 is 0 Å². The number of benzene rings is 2. The van der Waals surface area contributed by atoms with Crippen molar-refractivity contribution in [3.05, 3.63) is 94.9 Å². The van der Waals surface area contributed by atoms with Crippen molar-refractivity contribution in [1.29, 1.82) is 0 Å². The molecule has 6 rings (SSSR count). The third-order valence-electron chi connectivity index (χ3n) is 7.40. The molecule has 2 aliphatic heterocycles. The third kappa shape index (κ3) is 5.91. The van der Waals surface area contributed by atoms with Crippen LogP contribution < -0.4 is 15.5 Å². The summed E-state index contributed by atoms with van der Waals surface area (Å²) in [7, 11) is 0. The average Bonchev–Trinajstić information content (AvgIpc) is 3.51. The molecule has 0 saturated carbocycles. The SMILES string of the molecule is O=C([C@@H]1CSC(c2cccnc2)N1)N1CCN(CCCOc2cccc3c(=O)cc(-c4ccccc4)oc23)CC1. The lowest BCUT2D eigenvalue weighted by Crippen LogP contribution is -2.53. The summed E-state index contributed by atoms with van der Waals surface area (Å²) in [6.07, 6.45) is 4.46. The first-order valence-electron chi connectivity index (χ1n) is 13.7. The maximum atomic E-state index is 13.1. The molecule has 2 fully saturated rings. The molecule has 0 aliphatic carbocycles. The summed E-state index contributed by atoms with van der Waals surface area (Å²) >= 11 is 1.76. The first-order chi connectivity index (χ1) is 19.7. The minimum Gasteiger partial charge on any atom is -0.490 e. The van der Waals surface area contributed by atoms with Crippen LogP contribution in [0.4, 0.5) is 0 Å². The summed E-state index contributed by atoms with van der Waals surface area (Å²) in [6.45, 7) is 4.55. The molecule has 0 bridgehead atoms. The normalized spacial score (nSPS) is 19.6. The number of carbonyl (C=O) groups excluding carboxylic acids is 1. The number of rotatable bonds is 8. The molecule has 9 heteroatoms. The molecule has 1 unspecified atom stereocenters. The Hall–Kier alpha value is -3.66. The topological polar surface area (TPSA) is 87.9 Å². The highest BCUT2D eigenvalue weighted by Crippen LogP contribution is 2.33. The monoisotopic (exact) mass is 556 g/mol. The number of nitrogens with one attached hydrogen (secondary N) is 1.